The van der Waals surface area contributed by atoms with E-state index in [-0.39, 0.29) is 5.69 Å². The number of carbonyl (C=O) groups is 1. The normalized spacial score (nSPS) is 16.2. The molecule has 1 atom stereocenters. The number of hydrogen-bond donors (Lipinski definition) is 2. The van der Waals surface area contributed by atoms with Gasteiger partial charge in [-0.1, -0.05) is 0 Å². The molecule has 3 aromatic heterocycles. The van der Waals surface area contributed by atoms with Gasteiger partial charge in [0.25, 0.3) is 5.91 Å². The van der Waals surface area contributed by atoms with Gasteiger partial charge in [-0.15, -0.1) is 0 Å². The van der Waals surface area contributed by atoms with Crippen molar-refractivity contribution >= 4 is 18.4 Å². The molecule has 174 valence electrons. The zero-order chi connectivity index (χ0) is 23.8. The number of hydrogen-bond acceptors (Lipinski definition) is 7. The molecular weight excluding hydrogens is 439 g/mol. The van der Waals surface area contributed by atoms with E-state index in [9.17, 15) is 18.0 Å². The van der Waals surface area contributed by atoms with Crippen LogP contribution in [0.1, 0.15) is 23.1 Å². The summed E-state index contributed by atoms with van der Waals surface area (Å²) in [7, 11) is 0. The van der Waals surface area contributed by atoms with Crippen molar-refractivity contribution < 1.29 is 18.0 Å². The van der Waals surface area contributed by atoms with Gasteiger partial charge in [-0.2, -0.15) is 23.4 Å². The fourth-order valence-corrected chi connectivity index (χ4v) is 3.67. The molecule has 1 aliphatic heterocycles. The van der Waals surface area contributed by atoms with E-state index in [0.29, 0.717) is 25.5 Å². The molecule has 4 rings (SSSR count). The number of anilines is 1. The minimum atomic E-state index is -4.54. The van der Waals surface area contributed by atoms with E-state index in [1.165, 1.54) is 6.20 Å². The first-order valence-electron chi connectivity index (χ1n) is 10.1. The number of aliphatic imine (C=N–C) groups is 1. The number of nitrogens with zero attached hydrogens (tertiary/aromatic N) is 7. The molecule has 0 spiro atoms. The summed E-state index contributed by atoms with van der Waals surface area (Å²) < 4.78 is 39.8. The standard InChI is InChI=1S/C20H22F3N9O/c1-12-15(5-27-30-12)14-4-28-32(8-14)19(9-24-3)10-31(11-19)17-7-25-16(6-26-17)18(33)29-13(2)20(21,22)23/h4-8,13H,3,9-11H2,1-2H3,(H,27,30)(H,29,33)/t13-/m0/s1. The third kappa shape index (κ3) is 4.30. The molecule has 0 aromatic carbocycles. The lowest BCUT2D eigenvalue weighted by Gasteiger charge is -2.49. The quantitative estimate of drug-likeness (QED) is 0.520. The Balaban J connectivity index is 1.45. The lowest BCUT2D eigenvalue weighted by molar-refractivity contribution is -0.149. The molecule has 13 heteroatoms. The maximum absolute atomic E-state index is 12.6. The van der Waals surface area contributed by atoms with Gasteiger partial charge < -0.3 is 10.2 Å². The summed E-state index contributed by atoms with van der Waals surface area (Å²) in [5, 5.41) is 13.3. The van der Waals surface area contributed by atoms with Gasteiger partial charge in [-0.25, -0.2) is 9.97 Å². The fourth-order valence-electron chi connectivity index (χ4n) is 3.67. The van der Waals surface area contributed by atoms with E-state index < -0.39 is 23.7 Å². The maximum atomic E-state index is 12.6. The molecular formula is C20H22F3N9O. The van der Waals surface area contributed by atoms with Crippen molar-refractivity contribution in [3.63, 3.8) is 0 Å². The van der Waals surface area contributed by atoms with Crippen LogP contribution >= 0.6 is 0 Å². The van der Waals surface area contributed by atoms with E-state index in [1.807, 2.05) is 28.0 Å². The van der Waals surface area contributed by atoms with E-state index >= 15 is 0 Å². The van der Waals surface area contributed by atoms with E-state index in [4.69, 9.17) is 0 Å². The maximum Gasteiger partial charge on any atom is 0.408 e. The molecule has 1 saturated heterocycles. The molecule has 1 amide bonds. The van der Waals surface area contributed by atoms with Crippen molar-refractivity contribution in [1.82, 2.24) is 35.3 Å². The van der Waals surface area contributed by atoms with Crippen LogP contribution in [0, 0.1) is 6.92 Å². The van der Waals surface area contributed by atoms with Crippen LogP contribution in [0.2, 0.25) is 0 Å². The van der Waals surface area contributed by atoms with Crippen molar-refractivity contribution in [1.29, 1.82) is 0 Å². The Morgan fingerprint density at radius 2 is 2.06 bits per heavy atom. The van der Waals surface area contributed by atoms with E-state index in [0.717, 1.165) is 29.9 Å². The zero-order valence-corrected chi connectivity index (χ0v) is 18.0. The lowest BCUT2D eigenvalue weighted by Crippen LogP contribution is -2.65. The highest BCUT2D eigenvalue weighted by Crippen LogP contribution is 2.34. The molecule has 2 N–H and O–H groups in total. The number of rotatable bonds is 7. The molecule has 0 radical (unpaired) electrons. The van der Waals surface area contributed by atoms with Gasteiger partial charge in [0.15, 0.2) is 0 Å². The van der Waals surface area contributed by atoms with Gasteiger partial charge >= 0.3 is 6.18 Å². The summed E-state index contributed by atoms with van der Waals surface area (Å²) in [4.78, 5) is 26.2. The molecule has 0 unspecified atom stereocenters. The van der Waals surface area contributed by atoms with Gasteiger partial charge in [0.1, 0.15) is 23.1 Å². The van der Waals surface area contributed by atoms with Crippen molar-refractivity contribution in [2.24, 2.45) is 4.99 Å². The summed E-state index contributed by atoms with van der Waals surface area (Å²) >= 11 is 0. The van der Waals surface area contributed by atoms with Crippen molar-refractivity contribution in [3.05, 3.63) is 42.4 Å². The predicted octanol–water partition coefficient (Wildman–Crippen LogP) is 1.97. The third-order valence-electron chi connectivity index (χ3n) is 5.62. The number of amides is 1. The zero-order valence-electron chi connectivity index (χ0n) is 18.0. The average Bonchev–Trinajstić information content (AvgIpc) is 3.39. The van der Waals surface area contributed by atoms with Crippen molar-refractivity contribution in [2.45, 2.75) is 31.6 Å². The highest BCUT2D eigenvalue weighted by Gasteiger charge is 2.46. The largest absolute Gasteiger partial charge is 0.408 e. The number of alkyl halides is 3. The van der Waals surface area contributed by atoms with Crippen molar-refractivity contribution in [2.75, 3.05) is 24.5 Å². The number of carbonyl (C=O) groups excluding carboxylic acids is 1. The number of aryl methyl sites for hydroxylation is 1. The summed E-state index contributed by atoms with van der Waals surface area (Å²) in [6.45, 7) is 7.87. The van der Waals surface area contributed by atoms with Crippen LogP contribution in [0.5, 0.6) is 0 Å². The van der Waals surface area contributed by atoms with Gasteiger partial charge in [-0.05, 0) is 20.6 Å². The fraction of sp³-hybridized carbons (Fsp3) is 0.400. The Morgan fingerprint density at radius 3 is 2.64 bits per heavy atom. The van der Waals surface area contributed by atoms with Crippen LogP contribution in [0.15, 0.2) is 36.0 Å². The molecule has 3 aromatic rings. The van der Waals surface area contributed by atoms with Crippen LogP contribution in [-0.4, -0.2) is 74.4 Å². The van der Waals surface area contributed by atoms with Crippen LogP contribution in [-0.2, 0) is 5.54 Å². The second-order valence-corrected chi connectivity index (χ2v) is 8.04. The Labute approximate surface area is 186 Å². The minimum Gasteiger partial charge on any atom is -0.350 e. The molecule has 10 nitrogen and oxygen atoms in total. The first-order chi connectivity index (χ1) is 15.6. The summed E-state index contributed by atoms with van der Waals surface area (Å²) in [5.41, 5.74) is 2.19. The van der Waals surface area contributed by atoms with Gasteiger partial charge in [-0.3, -0.25) is 19.6 Å². The van der Waals surface area contributed by atoms with Crippen molar-refractivity contribution in [3.8, 4) is 11.1 Å². The van der Waals surface area contributed by atoms with Gasteiger partial charge in [0, 0.05) is 36.1 Å². The van der Waals surface area contributed by atoms with Crippen LogP contribution < -0.4 is 10.2 Å². The number of halogens is 3. The topological polar surface area (TPSA) is 117 Å². The highest BCUT2D eigenvalue weighted by atomic mass is 19.4. The average molecular weight is 461 g/mol. The third-order valence-corrected chi connectivity index (χ3v) is 5.62. The monoisotopic (exact) mass is 461 g/mol. The molecule has 1 aliphatic rings. The summed E-state index contributed by atoms with van der Waals surface area (Å²) in [6, 6.07) is -1.99. The van der Waals surface area contributed by atoms with E-state index in [2.05, 4.69) is 37.0 Å². The first kappa shape index (κ1) is 22.4. The molecule has 1 fully saturated rings. The smallest absolute Gasteiger partial charge is 0.350 e. The Hall–Kier alpha value is -3.77. The van der Waals surface area contributed by atoms with Crippen LogP contribution in [0.3, 0.4) is 0 Å². The number of nitrogens with one attached hydrogen (secondary N) is 2. The Morgan fingerprint density at radius 1 is 1.30 bits per heavy atom. The molecule has 0 bridgehead atoms. The second kappa shape index (κ2) is 8.30. The minimum absolute atomic E-state index is 0.193. The predicted molar refractivity (Wildman–Crippen MR) is 114 cm³/mol. The SMILES string of the molecule is C=NCC1(n2cc(-c3cn[nH]c3C)cn2)CN(c2cnc(C(=O)N[C@@H](C)C(F)(F)F)cn2)C1. The van der Waals surface area contributed by atoms with Gasteiger partial charge in [0.05, 0.1) is 31.3 Å². The van der Waals surface area contributed by atoms with Crippen LogP contribution in [0.4, 0.5) is 19.0 Å². The second-order valence-electron chi connectivity index (χ2n) is 8.04. The van der Waals surface area contributed by atoms with E-state index in [1.54, 1.807) is 12.4 Å². The van der Waals surface area contributed by atoms with Crippen LogP contribution in [0.25, 0.3) is 11.1 Å². The highest BCUT2D eigenvalue weighted by molar-refractivity contribution is 5.92. The molecule has 33 heavy (non-hydrogen) atoms. The first-order valence-corrected chi connectivity index (χ1v) is 10.1. The van der Waals surface area contributed by atoms with Gasteiger partial charge in [0.2, 0.25) is 0 Å². The molecule has 4 heterocycles. The number of aromatic amines is 1. The molecule has 0 aliphatic carbocycles. The number of aromatic nitrogens is 6. The molecule has 0 saturated carbocycles. The lowest BCUT2D eigenvalue weighted by atomic mass is 9.90. The number of H-pyrrole nitrogens is 1. The summed E-state index contributed by atoms with van der Waals surface area (Å²) in [6.07, 6.45) is 3.42. The Bertz CT molecular complexity index is 1150. The Kier molecular flexibility index (Phi) is 5.64. The summed E-state index contributed by atoms with van der Waals surface area (Å²) in [5.74, 6) is -0.445.